The van der Waals surface area contributed by atoms with Gasteiger partial charge in [-0.15, -0.1) is 0 Å². The normalized spacial score (nSPS) is 9.68. The maximum Gasteiger partial charge on any atom is 0.342 e. The highest BCUT2D eigenvalue weighted by molar-refractivity contribution is 5.91. The first-order chi connectivity index (χ1) is 9.13. The van der Waals surface area contributed by atoms with Crippen LogP contribution in [0.5, 0.6) is 11.5 Å². The summed E-state index contributed by atoms with van der Waals surface area (Å²) in [6.07, 6.45) is 0. The lowest BCUT2D eigenvalue weighted by Crippen LogP contribution is -2.03. The summed E-state index contributed by atoms with van der Waals surface area (Å²) in [5, 5.41) is 17.9. The van der Waals surface area contributed by atoms with Gasteiger partial charge >= 0.3 is 5.97 Å². The first kappa shape index (κ1) is 12.6. The third kappa shape index (κ3) is 2.53. The zero-order chi connectivity index (χ0) is 13.8. The van der Waals surface area contributed by atoms with E-state index in [0.29, 0.717) is 0 Å². The van der Waals surface area contributed by atoms with E-state index in [1.54, 1.807) is 12.1 Å². The second kappa shape index (κ2) is 5.19. The van der Waals surface area contributed by atoms with Gasteiger partial charge in [0.05, 0.1) is 5.56 Å². The van der Waals surface area contributed by atoms with Crippen molar-refractivity contribution in [2.75, 3.05) is 0 Å². The lowest BCUT2D eigenvalue weighted by Gasteiger charge is -2.10. The first-order valence-corrected chi connectivity index (χ1v) is 5.32. The fourth-order valence-corrected chi connectivity index (χ4v) is 1.56. The van der Waals surface area contributed by atoms with Crippen LogP contribution in [0.1, 0.15) is 15.9 Å². The van der Waals surface area contributed by atoms with Crippen molar-refractivity contribution in [3.63, 3.8) is 0 Å². The number of nitriles is 1. The summed E-state index contributed by atoms with van der Waals surface area (Å²) in [6, 6.07) is 11.9. The molecule has 94 valence electrons. The SMILES string of the molecule is N#Cc1ccccc1Oc1cccc(F)c1C(=O)O. The van der Waals surface area contributed by atoms with Gasteiger partial charge in [0.1, 0.15) is 28.9 Å². The van der Waals surface area contributed by atoms with Gasteiger partial charge in [-0.05, 0) is 24.3 Å². The average Bonchev–Trinajstić information content (AvgIpc) is 2.39. The van der Waals surface area contributed by atoms with E-state index in [1.807, 2.05) is 6.07 Å². The Labute approximate surface area is 108 Å². The summed E-state index contributed by atoms with van der Waals surface area (Å²) in [5.41, 5.74) is -0.321. The van der Waals surface area contributed by atoms with Crippen molar-refractivity contribution in [1.29, 1.82) is 5.26 Å². The number of rotatable bonds is 3. The van der Waals surface area contributed by atoms with Crippen molar-refractivity contribution in [1.82, 2.24) is 0 Å². The number of nitrogens with zero attached hydrogens (tertiary/aromatic N) is 1. The molecule has 0 aromatic heterocycles. The molecule has 5 heteroatoms. The van der Waals surface area contributed by atoms with Crippen LogP contribution in [0.4, 0.5) is 4.39 Å². The molecule has 2 aromatic rings. The average molecular weight is 257 g/mol. The zero-order valence-electron chi connectivity index (χ0n) is 9.63. The smallest absolute Gasteiger partial charge is 0.342 e. The van der Waals surface area contributed by atoms with Gasteiger partial charge in [-0.3, -0.25) is 0 Å². The van der Waals surface area contributed by atoms with Crippen molar-refractivity contribution < 1.29 is 19.0 Å². The number of ether oxygens (including phenoxy) is 1. The van der Waals surface area contributed by atoms with Crippen LogP contribution in [0, 0.1) is 17.1 Å². The molecule has 0 bridgehead atoms. The topological polar surface area (TPSA) is 70.3 Å². The van der Waals surface area contributed by atoms with Gasteiger partial charge in [-0.25, -0.2) is 9.18 Å². The number of halogens is 1. The first-order valence-electron chi connectivity index (χ1n) is 5.32. The highest BCUT2D eigenvalue weighted by Crippen LogP contribution is 2.29. The number of para-hydroxylation sites is 1. The Kier molecular flexibility index (Phi) is 3.44. The number of carbonyl (C=O) groups is 1. The minimum atomic E-state index is -1.43. The Hall–Kier alpha value is -2.87. The standard InChI is InChI=1S/C14H8FNO3/c15-10-5-3-7-12(13(10)14(17)18)19-11-6-2-1-4-9(11)8-16/h1-7H,(H,17,18). The third-order valence-electron chi connectivity index (χ3n) is 2.42. The summed E-state index contributed by atoms with van der Waals surface area (Å²) in [6.45, 7) is 0. The van der Waals surface area contributed by atoms with E-state index in [0.717, 1.165) is 6.07 Å². The number of benzene rings is 2. The molecule has 2 rings (SSSR count). The molecule has 2 aromatic carbocycles. The molecular weight excluding hydrogens is 249 g/mol. The van der Waals surface area contributed by atoms with E-state index in [-0.39, 0.29) is 17.1 Å². The van der Waals surface area contributed by atoms with Gasteiger partial charge in [0.25, 0.3) is 0 Å². The molecule has 0 radical (unpaired) electrons. The Bertz CT molecular complexity index is 677. The number of hydrogen-bond acceptors (Lipinski definition) is 3. The van der Waals surface area contributed by atoms with Crippen LogP contribution < -0.4 is 4.74 Å². The number of hydrogen-bond donors (Lipinski definition) is 1. The molecule has 0 fully saturated rings. The van der Waals surface area contributed by atoms with Gasteiger partial charge in [-0.2, -0.15) is 5.26 Å². The Morgan fingerprint density at radius 2 is 1.84 bits per heavy atom. The predicted molar refractivity (Wildman–Crippen MR) is 64.6 cm³/mol. The highest BCUT2D eigenvalue weighted by Gasteiger charge is 2.18. The van der Waals surface area contributed by atoms with Crippen molar-refractivity contribution >= 4 is 5.97 Å². The van der Waals surface area contributed by atoms with Crippen LogP contribution in [0.2, 0.25) is 0 Å². The highest BCUT2D eigenvalue weighted by atomic mass is 19.1. The maximum absolute atomic E-state index is 13.5. The largest absolute Gasteiger partial charge is 0.477 e. The molecule has 0 unspecified atom stereocenters. The second-order valence-corrected chi connectivity index (χ2v) is 3.63. The molecule has 0 atom stereocenters. The zero-order valence-corrected chi connectivity index (χ0v) is 9.63. The molecular formula is C14H8FNO3. The fourth-order valence-electron chi connectivity index (χ4n) is 1.56. The Morgan fingerprint density at radius 1 is 1.16 bits per heavy atom. The number of carboxylic acid groups (broad SMARTS) is 1. The lowest BCUT2D eigenvalue weighted by molar-refractivity contribution is 0.0689. The molecule has 0 spiro atoms. The minimum Gasteiger partial charge on any atom is -0.477 e. The van der Waals surface area contributed by atoms with Crippen molar-refractivity contribution in [3.8, 4) is 17.6 Å². The van der Waals surface area contributed by atoms with Gasteiger partial charge < -0.3 is 9.84 Å². The van der Waals surface area contributed by atoms with Crippen molar-refractivity contribution in [3.05, 3.63) is 59.4 Å². The molecule has 0 aliphatic rings. The molecule has 0 saturated heterocycles. The van der Waals surface area contributed by atoms with Crippen LogP contribution in [0.15, 0.2) is 42.5 Å². The second-order valence-electron chi connectivity index (χ2n) is 3.63. The molecule has 0 saturated carbocycles. The van der Waals surface area contributed by atoms with E-state index in [1.165, 1.54) is 24.3 Å². The summed E-state index contributed by atoms with van der Waals surface area (Å²) in [7, 11) is 0. The Morgan fingerprint density at radius 3 is 2.53 bits per heavy atom. The van der Waals surface area contributed by atoms with E-state index in [4.69, 9.17) is 15.1 Å². The van der Waals surface area contributed by atoms with Gasteiger partial charge in [0, 0.05) is 0 Å². The van der Waals surface area contributed by atoms with Crippen LogP contribution in [-0.2, 0) is 0 Å². The fraction of sp³-hybridized carbons (Fsp3) is 0. The lowest BCUT2D eigenvalue weighted by atomic mass is 10.2. The monoisotopic (exact) mass is 257 g/mol. The summed E-state index contributed by atoms with van der Waals surface area (Å²) in [5.74, 6) is -2.28. The van der Waals surface area contributed by atoms with Crippen LogP contribution in [0.3, 0.4) is 0 Å². The minimum absolute atomic E-state index is 0.143. The summed E-state index contributed by atoms with van der Waals surface area (Å²) < 4.78 is 18.8. The van der Waals surface area contributed by atoms with Gasteiger partial charge in [0.15, 0.2) is 0 Å². The van der Waals surface area contributed by atoms with E-state index < -0.39 is 17.3 Å². The quantitative estimate of drug-likeness (QED) is 0.916. The predicted octanol–water partition coefficient (Wildman–Crippen LogP) is 3.19. The van der Waals surface area contributed by atoms with E-state index >= 15 is 0 Å². The molecule has 0 aliphatic carbocycles. The van der Waals surface area contributed by atoms with E-state index in [9.17, 15) is 9.18 Å². The number of carboxylic acids is 1. The molecule has 1 N–H and O–H groups in total. The number of aromatic carboxylic acids is 1. The molecule has 0 amide bonds. The third-order valence-corrected chi connectivity index (χ3v) is 2.42. The maximum atomic E-state index is 13.5. The van der Waals surface area contributed by atoms with Crippen molar-refractivity contribution in [2.24, 2.45) is 0 Å². The molecule has 0 aliphatic heterocycles. The van der Waals surface area contributed by atoms with E-state index in [2.05, 4.69) is 0 Å². The molecule has 19 heavy (non-hydrogen) atoms. The van der Waals surface area contributed by atoms with Crippen LogP contribution in [-0.4, -0.2) is 11.1 Å². The Balaban J connectivity index is 2.48. The summed E-state index contributed by atoms with van der Waals surface area (Å²) >= 11 is 0. The van der Waals surface area contributed by atoms with Crippen LogP contribution >= 0.6 is 0 Å². The molecule has 0 heterocycles. The van der Waals surface area contributed by atoms with Gasteiger partial charge in [0.2, 0.25) is 0 Å². The molecule has 4 nitrogen and oxygen atoms in total. The van der Waals surface area contributed by atoms with Crippen LogP contribution in [0.25, 0.3) is 0 Å². The van der Waals surface area contributed by atoms with Crippen molar-refractivity contribution in [2.45, 2.75) is 0 Å². The summed E-state index contributed by atoms with van der Waals surface area (Å²) in [4.78, 5) is 11.0. The van der Waals surface area contributed by atoms with Gasteiger partial charge in [-0.1, -0.05) is 18.2 Å².